The summed E-state index contributed by atoms with van der Waals surface area (Å²) in [6.07, 6.45) is 1.43. The van der Waals surface area contributed by atoms with Gasteiger partial charge in [0.2, 0.25) is 5.43 Å². The molecule has 0 radical (unpaired) electrons. The van der Waals surface area contributed by atoms with Crippen LogP contribution in [0.4, 0.5) is 0 Å². The van der Waals surface area contributed by atoms with Crippen LogP contribution in [0.25, 0.3) is 22.1 Å². The monoisotopic (exact) mass is 728 g/mol. The van der Waals surface area contributed by atoms with Crippen LogP contribution in [0, 0.1) is 11.8 Å². The van der Waals surface area contributed by atoms with Crippen molar-refractivity contribution in [1.82, 2.24) is 0 Å². The molecule has 0 saturated heterocycles. The Labute approximate surface area is 320 Å². The van der Waals surface area contributed by atoms with Crippen LogP contribution in [0.2, 0.25) is 0 Å². The number of hydrogen-bond donors (Lipinski definition) is 1. The standard InChI is InChI=1S/C48H40O7/c1-48(2,50)26-25-40-43(53-31-36-19-11-5-12-20-36)28-44-45(47(40)55-32-37-21-13-6-14-22-37)46(49)41(33-54-44)39-24-23-38(51-29-34-15-7-3-8-16-34)27-42(39)52-30-35-17-9-4-10-18-35/h3-24,27-28,33,50H,29-32H2,1-2H3. The first-order valence-electron chi connectivity index (χ1n) is 18.0. The van der Waals surface area contributed by atoms with Crippen LogP contribution in [-0.2, 0) is 26.4 Å². The Balaban J connectivity index is 1.36. The molecule has 0 aliphatic carbocycles. The molecular formula is C48H40O7. The summed E-state index contributed by atoms with van der Waals surface area (Å²) >= 11 is 0. The lowest BCUT2D eigenvalue weighted by Crippen LogP contribution is -2.15. The van der Waals surface area contributed by atoms with Gasteiger partial charge in [0.1, 0.15) is 72.1 Å². The molecule has 7 nitrogen and oxygen atoms in total. The molecule has 0 fully saturated rings. The average Bonchev–Trinajstić information content (AvgIpc) is 3.21. The maximum atomic E-state index is 14.9. The lowest BCUT2D eigenvalue weighted by atomic mass is 10.0. The maximum absolute atomic E-state index is 14.9. The zero-order valence-corrected chi connectivity index (χ0v) is 30.7. The first-order chi connectivity index (χ1) is 26.8. The van der Waals surface area contributed by atoms with Crippen molar-refractivity contribution in [2.45, 2.75) is 45.9 Å². The smallest absolute Gasteiger partial charge is 0.204 e. The van der Waals surface area contributed by atoms with E-state index in [2.05, 4.69) is 11.8 Å². The summed E-state index contributed by atoms with van der Waals surface area (Å²) in [5.74, 6) is 7.54. The Kier molecular flexibility index (Phi) is 11.3. The van der Waals surface area contributed by atoms with Crippen molar-refractivity contribution in [2.75, 3.05) is 0 Å². The van der Waals surface area contributed by atoms with Gasteiger partial charge in [0, 0.05) is 17.7 Å². The van der Waals surface area contributed by atoms with Gasteiger partial charge in [-0.05, 0) is 48.2 Å². The molecule has 0 aliphatic heterocycles. The van der Waals surface area contributed by atoms with Crippen LogP contribution >= 0.6 is 0 Å². The third-order valence-electron chi connectivity index (χ3n) is 8.67. The minimum Gasteiger partial charge on any atom is -0.489 e. The Hall–Kier alpha value is -6.75. The third-order valence-corrected chi connectivity index (χ3v) is 8.67. The van der Waals surface area contributed by atoms with Crippen molar-refractivity contribution in [3.8, 4) is 46.0 Å². The molecule has 7 rings (SSSR count). The second-order valence-corrected chi connectivity index (χ2v) is 13.5. The van der Waals surface area contributed by atoms with E-state index in [1.807, 2.05) is 127 Å². The van der Waals surface area contributed by atoms with Gasteiger partial charge < -0.3 is 28.5 Å². The predicted molar refractivity (Wildman–Crippen MR) is 214 cm³/mol. The molecule has 0 saturated carbocycles. The summed E-state index contributed by atoms with van der Waals surface area (Å²) < 4.78 is 31.7. The van der Waals surface area contributed by atoms with E-state index in [4.69, 9.17) is 23.4 Å². The number of hydrogen-bond acceptors (Lipinski definition) is 7. The van der Waals surface area contributed by atoms with E-state index in [1.165, 1.54) is 6.26 Å². The van der Waals surface area contributed by atoms with Gasteiger partial charge >= 0.3 is 0 Å². The predicted octanol–water partition coefficient (Wildman–Crippen LogP) is 9.90. The van der Waals surface area contributed by atoms with Crippen LogP contribution < -0.4 is 24.4 Å². The number of aliphatic hydroxyl groups is 1. The fraction of sp³-hybridized carbons (Fsp3) is 0.146. The second-order valence-electron chi connectivity index (χ2n) is 13.5. The minimum absolute atomic E-state index is 0.137. The highest BCUT2D eigenvalue weighted by atomic mass is 16.5. The highest BCUT2D eigenvalue weighted by Gasteiger charge is 2.24. The summed E-state index contributed by atoms with van der Waals surface area (Å²) in [6, 6.07) is 46.1. The van der Waals surface area contributed by atoms with Crippen molar-refractivity contribution < 1.29 is 28.5 Å². The molecule has 0 amide bonds. The topological polar surface area (TPSA) is 87.4 Å². The molecule has 1 aromatic heterocycles. The zero-order valence-electron chi connectivity index (χ0n) is 30.7. The molecule has 0 unspecified atom stereocenters. The Morgan fingerprint density at radius 2 is 1.07 bits per heavy atom. The summed E-state index contributed by atoms with van der Waals surface area (Å²) in [5, 5.41) is 10.8. The van der Waals surface area contributed by atoms with Gasteiger partial charge in [-0.15, -0.1) is 0 Å². The van der Waals surface area contributed by atoms with E-state index < -0.39 is 5.60 Å². The Bertz CT molecular complexity index is 2480. The van der Waals surface area contributed by atoms with E-state index in [1.54, 1.807) is 32.0 Å². The van der Waals surface area contributed by atoms with Crippen molar-refractivity contribution in [1.29, 1.82) is 0 Å². The fourth-order valence-corrected chi connectivity index (χ4v) is 5.88. The summed E-state index contributed by atoms with van der Waals surface area (Å²) in [4.78, 5) is 14.9. The molecule has 274 valence electrons. The molecule has 0 atom stereocenters. The molecule has 7 heteroatoms. The van der Waals surface area contributed by atoms with Gasteiger partial charge in [-0.2, -0.15) is 0 Å². The highest BCUT2D eigenvalue weighted by Crippen LogP contribution is 2.39. The van der Waals surface area contributed by atoms with Gasteiger partial charge in [-0.25, -0.2) is 0 Å². The normalized spacial score (nSPS) is 11.0. The summed E-state index contributed by atoms with van der Waals surface area (Å²) in [6.45, 7) is 4.17. The van der Waals surface area contributed by atoms with Crippen LogP contribution in [0.1, 0.15) is 41.7 Å². The Morgan fingerprint density at radius 1 is 0.582 bits per heavy atom. The molecule has 0 bridgehead atoms. The van der Waals surface area contributed by atoms with Crippen molar-refractivity contribution in [3.05, 3.63) is 190 Å². The van der Waals surface area contributed by atoms with Gasteiger partial charge in [0.25, 0.3) is 0 Å². The largest absolute Gasteiger partial charge is 0.489 e. The first-order valence-corrected chi connectivity index (χ1v) is 18.0. The van der Waals surface area contributed by atoms with E-state index in [9.17, 15) is 9.90 Å². The quantitative estimate of drug-likeness (QED) is 0.118. The van der Waals surface area contributed by atoms with Crippen molar-refractivity contribution >= 4 is 11.0 Å². The Morgan fingerprint density at radius 3 is 1.60 bits per heavy atom. The van der Waals surface area contributed by atoms with Gasteiger partial charge in [-0.1, -0.05) is 133 Å². The van der Waals surface area contributed by atoms with E-state index in [0.29, 0.717) is 35.0 Å². The highest BCUT2D eigenvalue weighted by molar-refractivity contribution is 5.92. The summed E-state index contributed by atoms with van der Waals surface area (Å²) in [7, 11) is 0. The minimum atomic E-state index is -1.34. The number of fused-ring (bicyclic) bond motifs is 1. The van der Waals surface area contributed by atoms with Gasteiger partial charge in [0.05, 0.1) is 5.56 Å². The molecule has 55 heavy (non-hydrogen) atoms. The molecule has 6 aromatic carbocycles. The molecular weight excluding hydrogens is 689 g/mol. The molecule has 0 aliphatic rings. The number of benzene rings is 6. The molecule has 7 aromatic rings. The lowest BCUT2D eigenvalue weighted by Gasteiger charge is -2.18. The molecule has 0 spiro atoms. The van der Waals surface area contributed by atoms with Gasteiger partial charge in [0.15, 0.2) is 5.75 Å². The fourth-order valence-electron chi connectivity index (χ4n) is 5.88. The van der Waals surface area contributed by atoms with Crippen molar-refractivity contribution in [2.24, 2.45) is 0 Å². The average molecular weight is 729 g/mol. The van der Waals surface area contributed by atoms with E-state index in [-0.39, 0.29) is 47.5 Å². The van der Waals surface area contributed by atoms with Crippen molar-refractivity contribution in [3.63, 3.8) is 0 Å². The molecule has 1 N–H and O–H groups in total. The first kappa shape index (κ1) is 36.6. The van der Waals surface area contributed by atoms with Crippen LogP contribution in [0.15, 0.2) is 161 Å². The van der Waals surface area contributed by atoms with Crippen LogP contribution in [-0.4, -0.2) is 10.7 Å². The van der Waals surface area contributed by atoms with E-state index in [0.717, 1.165) is 22.3 Å². The SMILES string of the molecule is CC(C)(O)C#Cc1c(OCc2ccccc2)cc2occ(-c3ccc(OCc4ccccc4)cc3OCc3ccccc3)c(=O)c2c1OCc1ccccc1. The van der Waals surface area contributed by atoms with Crippen LogP contribution in [0.3, 0.4) is 0 Å². The maximum Gasteiger partial charge on any atom is 0.204 e. The number of ether oxygens (including phenoxy) is 4. The second kappa shape index (κ2) is 16.9. The zero-order chi connectivity index (χ0) is 38.0. The number of rotatable bonds is 13. The third kappa shape index (κ3) is 9.44. The van der Waals surface area contributed by atoms with E-state index >= 15 is 0 Å². The van der Waals surface area contributed by atoms with Crippen LogP contribution in [0.5, 0.6) is 23.0 Å². The summed E-state index contributed by atoms with van der Waals surface area (Å²) in [5.41, 5.74) is 3.45. The molecule has 1 heterocycles. The van der Waals surface area contributed by atoms with Gasteiger partial charge in [-0.3, -0.25) is 4.79 Å². The lowest BCUT2D eigenvalue weighted by molar-refractivity contribution is 0.143.